The summed E-state index contributed by atoms with van der Waals surface area (Å²) in [5, 5.41) is 0.0979. The molecule has 0 saturated heterocycles. The van der Waals surface area contributed by atoms with Gasteiger partial charge in [-0.05, 0) is 6.42 Å². The number of rotatable bonds is 13. The first-order valence-electron chi connectivity index (χ1n) is 6.99. The third kappa shape index (κ3) is 13.1. The fourth-order valence-corrected chi connectivity index (χ4v) is 3.00. The number of hydrogen-bond donors (Lipinski definition) is 2. The van der Waals surface area contributed by atoms with Gasteiger partial charge in [-0.15, -0.1) is 0 Å². The van der Waals surface area contributed by atoms with Crippen molar-refractivity contribution in [3.63, 3.8) is 0 Å². The average Bonchev–Trinajstić information content (AvgIpc) is 2.41. The summed E-state index contributed by atoms with van der Waals surface area (Å²) in [5.74, 6) is 0.352. The summed E-state index contributed by atoms with van der Waals surface area (Å²) in [5.41, 5.74) is 5.15. The van der Waals surface area contributed by atoms with E-state index in [1.165, 1.54) is 19.3 Å². The highest BCUT2D eigenvalue weighted by atomic mass is 32.2. The average molecular weight is 327 g/mol. The summed E-state index contributed by atoms with van der Waals surface area (Å²) in [6.45, 7) is 2.28. The third-order valence-electron chi connectivity index (χ3n) is 2.46. The molecule has 0 bridgehead atoms. The summed E-state index contributed by atoms with van der Waals surface area (Å²) in [6.07, 6.45) is 6.11. The smallest absolute Gasteiger partial charge is 0.328 e. The van der Waals surface area contributed by atoms with Crippen LogP contribution in [0.2, 0.25) is 0 Å². The molecule has 0 aliphatic heterocycles. The zero-order chi connectivity index (χ0) is 15.3. The molecule has 0 radical (unpaired) electrons. The van der Waals surface area contributed by atoms with E-state index in [4.69, 9.17) is 10.3 Å². The first-order valence-corrected chi connectivity index (χ1v) is 9.47. The summed E-state index contributed by atoms with van der Waals surface area (Å²) >= 11 is 1.13. The monoisotopic (exact) mass is 327 g/mol. The largest absolute Gasteiger partial charge is 0.472 e. The lowest BCUT2D eigenvalue weighted by Crippen LogP contribution is -2.09. The molecule has 3 N–H and O–H groups in total. The van der Waals surface area contributed by atoms with Gasteiger partial charge in [0, 0.05) is 18.7 Å². The minimum atomic E-state index is -4.01. The highest BCUT2D eigenvalue weighted by molar-refractivity contribution is 8.13. The van der Waals surface area contributed by atoms with Crippen molar-refractivity contribution in [2.45, 2.75) is 45.4 Å². The van der Waals surface area contributed by atoms with E-state index in [0.717, 1.165) is 24.6 Å². The van der Waals surface area contributed by atoms with Crippen LogP contribution < -0.4 is 5.73 Å². The molecule has 120 valence electrons. The second-order valence-electron chi connectivity index (χ2n) is 4.31. The Balaban J connectivity index is 3.49. The van der Waals surface area contributed by atoms with Crippen molar-refractivity contribution < 1.29 is 23.3 Å². The normalized spacial score (nSPS) is 14.2. The molecule has 0 aromatic rings. The maximum atomic E-state index is 11.5. The minimum Gasteiger partial charge on any atom is -0.328 e. The second-order valence-corrected chi connectivity index (χ2v) is 6.91. The third-order valence-corrected chi connectivity index (χ3v) is 4.37. The second kappa shape index (κ2) is 12.8. The predicted molar refractivity (Wildman–Crippen MR) is 81.6 cm³/mol. The Morgan fingerprint density at radius 3 is 2.50 bits per heavy atom. The van der Waals surface area contributed by atoms with Gasteiger partial charge in [-0.25, -0.2) is 4.57 Å². The van der Waals surface area contributed by atoms with Crippen LogP contribution in [0.25, 0.3) is 0 Å². The molecule has 0 fully saturated rings. The van der Waals surface area contributed by atoms with E-state index in [-0.39, 0.29) is 24.9 Å². The van der Waals surface area contributed by atoms with Gasteiger partial charge in [0.05, 0.1) is 13.2 Å². The quantitative estimate of drug-likeness (QED) is 0.396. The van der Waals surface area contributed by atoms with Crippen LogP contribution in [0.1, 0.15) is 45.4 Å². The topological polar surface area (TPSA) is 98.9 Å². The SMILES string of the molecule is CCCCCCCC(=O)SCCOP(=O)(O)OCCN. The molecule has 6 nitrogen and oxygen atoms in total. The Morgan fingerprint density at radius 1 is 1.20 bits per heavy atom. The Bertz CT molecular complexity index is 304. The Kier molecular flexibility index (Phi) is 12.9. The van der Waals surface area contributed by atoms with Gasteiger partial charge in [0.25, 0.3) is 0 Å². The van der Waals surface area contributed by atoms with Crippen LogP contribution >= 0.6 is 19.6 Å². The summed E-state index contributed by atoms with van der Waals surface area (Å²) in [6, 6.07) is 0. The van der Waals surface area contributed by atoms with Crippen LogP contribution in [0.4, 0.5) is 0 Å². The number of unbranched alkanes of at least 4 members (excludes halogenated alkanes) is 4. The first-order chi connectivity index (χ1) is 9.52. The number of hydrogen-bond acceptors (Lipinski definition) is 6. The molecule has 0 aliphatic carbocycles. The van der Waals surface area contributed by atoms with Gasteiger partial charge >= 0.3 is 7.82 Å². The zero-order valence-electron chi connectivity index (χ0n) is 12.1. The van der Waals surface area contributed by atoms with Crippen molar-refractivity contribution in [3.05, 3.63) is 0 Å². The van der Waals surface area contributed by atoms with Gasteiger partial charge < -0.3 is 10.6 Å². The maximum absolute atomic E-state index is 11.5. The number of carbonyl (C=O) groups is 1. The van der Waals surface area contributed by atoms with Gasteiger partial charge in [-0.1, -0.05) is 44.4 Å². The molecule has 0 aromatic carbocycles. The summed E-state index contributed by atoms with van der Waals surface area (Å²) < 4.78 is 20.5. The van der Waals surface area contributed by atoms with Crippen molar-refractivity contribution in [2.75, 3.05) is 25.5 Å². The molecule has 1 atom stereocenters. The molecular weight excluding hydrogens is 301 g/mol. The lowest BCUT2D eigenvalue weighted by Gasteiger charge is -2.10. The molecule has 0 aliphatic rings. The first kappa shape index (κ1) is 20.1. The Morgan fingerprint density at radius 2 is 1.85 bits per heavy atom. The lowest BCUT2D eigenvalue weighted by atomic mass is 10.1. The van der Waals surface area contributed by atoms with E-state index in [1.807, 2.05) is 0 Å². The van der Waals surface area contributed by atoms with Crippen LogP contribution in [-0.4, -0.2) is 35.5 Å². The van der Waals surface area contributed by atoms with Gasteiger partial charge in [0.1, 0.15) is 0 Å². The standard InChI is InChI=1S/C12H26NO5PS/c1-2-3-4-5-6-7-12(14)20-11-10-18-19(15,16)17-9-8-13/h2-11,13H2,1H3,(H,15,16). The fraction of sp³-hybridized carbons (Fsp3) is 0.917. The number of phosphoric ester groups is 1. The molecular formula is C12H26NO5PS. The molecule has 8 heteroatoms. The highest BCUT2D eigenvalue weighted by Gasteiger charge is 2.20. The summed E-state index contributed by atoms with van der Waals surface area (Å²) in [4.78, 5) is 20.7. The van der Waals surface area contributed by atoms with Crippen LogP contribution in [0.3, 0.4) is 0 Å². The van der Waals surface area contributed by atoms with Crippen molar-refractivity contribution in [2.24, 2.45) is 5.73 Å². The molecule has 0 spiro atoms. The van der Waals surface area contributed by atoms with E-state index in [0.29, 0.717) is 12.2 Å². The fourth-order valence-electron chi connectivity index (χ4n) is 1.46. The van der Waals surface area contributed by atoms with Gasteiger partial charge in [-0.2, -0.15) is 0 Å². The number of thioether (sulfide) groups is 1. The lowest BCUT2D eigenvalue weighted by molar-refractivity contribution is -0.111. The molecule has 20 heavy (non-hydrogen) atoms. The summed E-state index contributed by atoms with van der Waals surface area (Å²) in [7, 11) is -4.01. The highest BCUT2D eigenvalue weighted by Crippen LogP contribution is 2.42. The van der Waals surface area contributed by atoms with Crippen molar-refractivity contribution in [3.8, 4) is 0 Å². The van der Waals surface area contributed by atoms with E-state index < -0.39 is 7.82 Å². The van der Waals surface area contributed by atoms with E-state index >= 15 is 0 Å². The number of phosphoric acid groups is 1. The van der Waals surface area contributed by atoms with Gasteiger partial charge in [-0.3, -0.25) is 13.8 Å². The van der Waals surface area contributed by atoms with Crippen LogP contribution in [0, 0.1) is 0 Å². The molecule has 0 heterocycles. The molecule has 0 rings (SSSR count). The molecule has 1 unspecified atom stereocenters. The van der Waals surface area contributed by atoms with Gasteiger partial charge in [0.2, 0.25) is 0 Å². The molecule has 0 aromatic heterocycles. The van der Waals surface area contributed by atoms with Gasteiger partial charge in [0.15, 0.2) is 5.12 Å². The van der Waals surface area contributed by atoms with Crippen LogP contribution in [0.15, 0.2) is 0 Å². The van der Waals surface area contributed by atoms with Crippen molar-refractivity contribution in [1.29, 1.82) is 0 Å². The zero-order valence-corrected chi connectivity index (χ0v) is 13.8. The predicted octanol–water partition coefficient (Wildman–Crippen LogP) is 2.70. The molecule has 0 amide bonds. The maximum Gasteiger partial charge on any atom is 0.472 e. The van der Waals surface area contributed by atoms with Crippen molar-refractivity contribution >= 4 is 24.7 Å². The minimum absolute atomic E-state index is 0.00455. The van der Waals surface area contributed by atoms with E-state index in [1.54, 1.807) is 0 Å². The number of carbonyl (C=O) groups excluding carboxylic acids is 1. The molecule has 0 saturated carbocycles. The van der Waals surface area contributed by atoms with E-state index in [2.05, 4.69) is 11.4 Å². The van der Waals surface area contributed by atoms with Crippen LogP contribution in [0.5, 0.6) is 0 Å². The Hall–Kier alpha value is 0.0900. The van der Waals surface area contributed by atoms with Crippen molar-refractivity contribution in [1.82, 2.24) is 0 Å². The Labute approximate surface area is 125 Å². The number of nitrogens with two attached hydrogens (primary N) is 1. The van der Waals surface area contributed by atoms with E-state index in [9.17, 15) is 14.3 Å². The van der Waals surface area contributed by atoms with Crippen LogP contribution in [-0.2, 0) is 18.4 Å².